The van der Waals surface area contributed by atoms with Crippen LogP contribution in [0.15, 0.2) is 82.4 Å². The van der Waals surface area contributed by atoms with Crippen molar-refractivity contribution in [2.75, 3.05) is 4.90 Å². The molecule has 0 bridgehead atoms. The van der Waals surface area contributed by atoms with Gasteiger partial charge < -0.3 is 5.11 Å². The summed E-state index contributed by atoms with van der Waals surface area (Å²) in [6, 6.07) is 20.4. The molecule has 11 heteroatoms. The van der Waals surface area contributed by atoms with Crippen molar-refractivity contribution < 1.29 is 14.7 Å². The van der Waals surface area contributed by atoms with Crippen LogP contribution >= 0.6 is 46.0 Å². The number of anilines is 1. The third kappa shape index (κ3) is 4.71. The van der Waals surface area contributed by atoms with E-state index < -0.39 is 23.5 Å². The molecule has 200 valence electrons. The quantitative estimate of drug-likeness (QED) is 0.117. The van der Waals surface area contributed by atoms with Crippen molar-refractivity contribution in [3.05, 3.63) is 110 Å². The Morgan fingerprint density at radius 3 is 2.55 bits per heavy atom. The maximum Gasteiger partial charge on any atom is 0.296 e. The number of aryl methyl sites for hydroxylation is 2. The highest BCUT2D eigenvalue weighted by molar-refractivity contribution is 8.00. The smallest absolute Gasteiger partial charge is 0.296 e. The molecule has 0 aliphatic carbocycles. The second-order valence-electron chi connectivity index (χ2n) is 9.12. The first kappa shape index (κ1) is 26.6. The van der Waals surface area contributed by atoms with E-state index in [9.17, 15) is 14.7 Å². The van der Waals surface area contributed by atoms with Crippen molar-refractivity contribution >= 4 is 73.6 Å². The lowest BCUT2D eigenvalue weighted by Gasteiger charge is -2.24. The van der Waals surface area contributed by atoms with Crippen molar-refractivity contribution in [2.45, 2.75) is 30.0 Å². The van der Waals surface area contributed by atoms with Crippen LogP contribution in [0.5, 0.6) is 0 Å². The number of aliphatic hydroxyl groups excluding tert-OH is 1. The molecular formula is C29H21ClN4O3S3. The predicted octanol–water partition coefficient (Wildman–Crippen LogP) is 7.49. The third-order valence-electron chi connectivity index (χ3n) is 6.60. The van der Waals surface area contributed by atoms with Crippen molar-refractivity contribution in [2.24, 2.45) is 0 Å². The van der Waals surface area contributed by atoms with Crippen LogP contribution in [0.4, 0.5) is 5.13 Å². The minimum absolute atomic E-state index is 0.0509. The first-order valence-electron chi connectivity index (χ1n) is 12.3. The summed E-state index contributed by atoms with van der Waals surface area (Å²) in [4.78, 5) is 33.3. The lowest BCUT2D eigenvalue weighted by atomic mass is 9.95. The Bertz CT molecular complexity index is 1820. The van der Waals surface area contributed by atoms with Gasteiger partial charge in [0, 0.05) is 10.8 Å². The van der Waals surface area contributed by atoms with Crippen molar-refractivity contribution in [1.82, 2.24) is 15.2 Å². The fraction of sp³-hybridized carbons (Fsp3) is 0.138. The molecule has 5 aromatic rings. The highest BCUT2D eigenvalue weighted by Crippen LogP contribution is 2.46. The van der Waals surface area contributed by atoms with Gasteiger partial charge in [-0.2, -0.15) is 0 Å². The van der Waals surface area contributed by atoms with E-state index >= 15 is 0 Å². The van der Waals surface area contributed by atoms with Gasteiger partial charge in [0.2, 0.25) is 10.9 Å². The molecular weight excluding hydrogens is 584 g/mol. The standard InChI is InChI=1S/C29H21ClN4O3S3/c1-15-26(39-16(2)31-15)24(35)22-23(20-12-5-6-13-21(20)30)34(27(37)25(22)36)28-32-33-29(40-28)38-14-18-10-7-9-17-8-3-4-11-19(17)18/h3-13,23,36H,14H2,1-2H3. The number of Topliss-reactive ketones (excluding diaryl/α,β-unsaturated/α-hetero) is 1. The summed E-state index contributed by atoms with van der Waals surface area (Å²) >= 11 is 10.5. The zero-order valence-electron chi connectivity index (χ0n) is 21.3. The monoisotopic (exact) mass is 604 g/mol. The number of thioether (sulfide) groups is 1. The Labute approximate surface area is 247 Å². The van der Waals surface area contributed by atoms with Crippen LogP contribution in [-0.2, 0) is 10.5 Å². The Kier molecular flexibility index (Phi) is 7.18. The number of hydrogen-bond acceptors (Lipinski definition) is 9. The van der Waals surface area contributed by atoms with E-state index in [4.69, 9.17) is 11.6 Å². The second kappa shape index (κ2) is 10.8. The molecule has 1 atom stereocenters. The molecule has 0 spiro atoms. The average Bonchev–Trinajstić information content (AvgIpc) is 3.63. The summed E-state index contributed by atoms with van der Waals surface area (Å²) < 4.78 is 0.654. The van der Waals surface area contributed by atoms with E-state index in [1.165, 1.54) is 44.7 Å². The van der Waals surface area contributed by atoms with Crippen molar-refractivity contribution in [3.8, 4) is 0 Å². The molecule has 7 nitrogen and oxygen atoms in total. The van der Waals surface area contributed by atoms with E-state index in [1.54, 1.807) is 38.1 Å². The van der Waals surface area contributed by atoms with Gasteiger partial charge in [0.1, 0.15) is 0 Å². The molecule has 0 radical (unpaired) electrons. The fourth-order valence-corrected chi connectivity index (χ4v) is 7.79. The Balaban J connectivity index is 1.35. The van der Waals surface area contributed by atoms with Gasteiger partial charge in [0.05, 0.1) is 27.2 Å². The van der Waals surface area contributed by atoms with Crippen LogP contribution in [-0.4, -0.2) is 32.0 Å². The maximum atomic E-state index is 13.8. The lowest BCUT2D eigenvalue weighted by molar-refractivity contribution is -0.117. The number of amides is 1. The Hall–Kier alpha value is -3.57. The maximum absolute atomic E-state index is 13.8. The Morgan fingerprint density at radius 1 is 1.02 bits per heavy atom. The minimum atomic E-state index is -0.973. The van der Waals surface area contributed by atoms with E-state index in [0.29, 0.717) is 36.3 Å². The van der Waals surface area contributed by atoms with Gasteiger partial charge in [-0.15, -0.1) is 21.5 Å². The lowest BCUT2D eigenvalue weighted by Crippen LogP contribution is -2.31. The topological polar surface area (TPSA) is 96.3 Å². The number of hydrogen-bond donors (Lipinski definition) is 1. The van der Waals surface area contributed by atoms with E-state index in [2.05, 4.69) is 39.4 Å². The molecule has 1 N–H and O–H groups in total. The normalized spacial score (nSPS) is 15.4. The number of aromatic nitrogens is 3. The number of nitrogens with zero attached hydrogens (tertiary/aromatic N) is 4. The first-order chi connectivity index (χ1) is 19.3. The number of aliphatic hydroxyl groups is 1. The highest BCUT2D eigenvalue weighted by Gasteiger charge is 2.47. The Morgan fingerprint density at radius 2 is 1.77 bits per heavy atom. The van der Waals surface area contributed by atoms with Gasteiger partial charge in [0.15, 0.2) is 10.1 Å². The van der Waals surface area contributed by atoms with Crippen LogP contribution in [0, 0.1) is 13.8 Å². The largest absolute Gasteiger partial charge is 0.503 e. The number of carbonyl (C=O) groups excluding carboxylic acids is 2. The van der Waals surface area contributed by atoms with Crippen LogP contribution in [0.2, 0.25) is 5.02 Å². The van der Waals surface area contributed by atoms with Crippen LogP contribution in [0.25, 0.3) is 10.8 Å². The van der Waals surface area contributed by atoms with Gasteiger partial charge in [-0.3, -0.25) is 14.5 Å². The summed E-state index contributed by atoms with van der Waals surface area (Å²) in [5.74, 6) is -1.15. The molecule has 0 saturated heterocycles. The molecule has 0 saturated carbocycles. The summed E-state index contributed by atoms with van der Waals surface area (Å²) in [5, 5.41) is 23.4. The molecule has 40 heavy (non-hydrogen) atoms. The number of thiazole rings is 1. The minimum Gasteiger partial charge on any atom is -0.503 e. The molecule has 6 rings (SSSR count). The molecule has 2 aromatic heterocycles. The van der Waals surface area contributed by atoms with E-state index in [0.717, 1.165) is 10.9 Å². The fourth-order valence-electron chi connectivity index (χ4n) is 4.81. The van der Waals surface area contributed by atoms with E-state index in [-0.39, 0.29) is 10.7 Å². The molecule has 1 aliphatic rings. The molecule has 3 aromatic carbocycles. The van der Waals surface area contributed by atoms with Crippen LogP contribution < -0.4 is 4.90 Å². The summed E-state index contributed by atoms with van der Waals surface area (Å²) in [7, 11) is 0. The number of halogens is 1. The number of carbonyl (C=O) groups is 2. The predicted molar refractivity (Wildman–Crippen MR) is 161 cm³/mol. The first-order valence-corrected chi connectivity index (χ1v) is 15.3. The van der Waals surface area contributed by atoms with Gasteiger partial charge in [0.25, 0.3) is 5.91 Å². The molecule has 0 fully saturated rings. The summed E-state index contributed by atoms with van der Waals surface area (Å²) in [5.41, 5.74) is 2.15. The number of benzene rings is 3. The van der Waals surface area contributed by atoms with Crippen LogP contribution in [0.1, 0.15) is 37.5 Å². The second-order valence-corrected chi connectivity index (χ2v) is 12.9. The van der Waals surface area contributed by atoms with Crippen molar-refractivity contribution in [1.29, 1.82) is 0 Å². The van der Waals surface area contributed by atoms with Crippen LogP contribution in [0.3, 0.4) is 0 Å². The number of ketones is 1. The zero-order valence-corrected chi connectivity index (χ0v) is 24.5. The molecule has 1 unspecified atom stereocenters. The average molecular weight is 605 g/mol. The van der Waals surface area contributed by atoms with Crippen molar-refractivity contribution in [3.63, 3.8) is 0 Å². The molecule has 1 aliphatic heterocycles. The van der Waals surface area contributed by atoms with Gasteiger partial charge in [-0.05, 0) is 41.8 Å². The highest BCUT2D eigenvalue weighted by atomic mass is 35.5. The van der Waals surface area contributed by atoms with E-state index in [1.807, 2.05) is 18.2 Å². The number of rotatable bonds is 7. The number of fused-ring (bicyclic) bond motifs is 1. The molecule has 1 amide bonds. The van der Waals surface area contributed by atoms with Gasteiger partial charge in [-0.1, -0.05) is 95.4 Å². The summed E-state index contributed by atoms with van der Waals surface area (Å²) in [6.45, 7) is 3.54. The SMILES string of the molecule is Cc1nc(C)c(C(=O)C2=C(O)C(=O)N(c3nnc(SCc4cccc5ccccc45)s3)C2c2ccccc2Cl)s1. The van der Waals surface area contributed by atoms with Gasteiger partial charge >= 0.3 is 0 Å². The zero-order chi connectivity index (χ0) is 28.0. The van der Waals surface area contributed by atoms with Gasteiger partial charge in [-0.25, -0.2) is 4.98 Å². The summed E-state index contributed by atoms with van der Waals surface area (Å²) in [6.07, 6.45) is 0. The molecule has 3 heterocycles. The third-order valence-corrected chi connectivity index (χ3v) is 10.1.